The molecular weight excluding hydrogens is 388 g/mol. The highest BCUT2D eigenvalue weighted by Gasteiger charge is 2.24. The third kappa shape index (κ3) is 5.00. The Bertz CT molecular complexity index is 1000. The summed E-state index contributed by atoms with van der Waals surface area (Å²) in [5, 5.41) is 3.53. The second-order valence-corrected chi connectivity index (χ2v) is 7.56. The molecule has 0 aliphatic carbocycles. The van der Waals surface area contributed by atoms with Crippen LogP contribution >= 0.6 is 11.3 Å². The zero-order chi connectivity index (χ0) is 20.8. The normalized spacial score (nSPS) is 11.6. The van der Waals surface area contributed by atoms with Crippen molar-refractivity contribution in [1.82, 2.24) is 10.3 Å². The monoisotopic (exact) mass is 410 g/mol. The number of para-hydroxylation sites is 1. The Hall–Kier alpha value is -3.19. The molecule has 1 heterocycles. The standard InChI is InChI=1S/C22H22N2O4S/c1-14(21(25)23-13-17-11-7-8-12-18(17)27-3)28-22(26)20-19(24-15(2)29-20)16-9-5-4-6-10-16/h4-12,14H,13H2,1-3H3,(H,23,25)/t14-/m0/s1. The molecule has 0 fully saturated rings. The van der Waals surface area contributed by atoms with Gasteiger partial charge in [-0.1, -0.05) is 48.5 Å². The van der Waals surface area contributed by atoms with Crippen LogP contribution in [-0.4, -0.2) is 30.1 Å². The molecule has 0 spiro atoms. The number of ether oxygens (including phenoxy) is 2. The van der Waals surface area contributed by atoms with Crippen LogP contribution in [0.25, 0.3) is 11.3 Å². The highest BCUT2D eigenvalue weighted by atomic mass is 32.1. The van der Waals surface area contributed by atoms with Gasteiger partial charge in [-0.3, -0.25) is 4.79 Å². The molecule has 0 saturated heterocycles. The summed E-state index contributed by atoms with van der Waals surface area (Å²) >= 11 is 1.25. The zero-order valence-electron chi connectivity index (χ0n) is 16.5. The summed E-state index contributed by atoms with van der Waals surface area (Å²) in [6.45, 7) is 3.66. The highest BCUT2D eigenvalue weighted by Crippen LogP contribution is 2.29. The predicted octanol–water partition coefficient (Wildman–Crippen LogP) is 3.99. The molecule has 0 radical (unpaired) electrons. The van der Waals surface area contributed by atoms with Crippen LogP contribution in [0.2, 0.25) is 0 Å². The molecule has 3 aromatic rings. The van der Waals surface area contributed by atoms with Crippen molar-refractivity contribution in [2.75, 3.05) is 7.11 Å². The van der Waals surface area contributed by atoms with Gasteiger partial charge in [0.25, 0.3) is 5.91 Å². The summed E-state index contributed by atoms with van der Waals surface area (Å²) in [5.74, 6) is -0.258. The number of benzene rings is 2. The van der Waals surface area contributed by atoms with Crippen molar-refractivity contribution in [3.63, 3.8) is 0 Å². The van der Waals surface area contributed by atoms with Gasteiger partial charge in [-0.05, 0) is 19.9 Å². The molecule has 7 heteroatoms. The van der Waals surface area contributed by atoms with E-state index in [2.05, 4.69) is 10.3 Å². The lowest BCUT2D eigenvalue weighted by Gasteiger charge is -2.14. The Balaban J connectivity index is 1.66. The van der Waals surface area contributed by atoms with E-state index >= 15 is 0 Å². The van der Waals surface area contributed by atoms with E-state index < -0.39 is 12.1 Å². The Labute approximate surface area is 173 Å². The quantitative estimate of drug-likeness (QED) is 0.596. The van der Waals surface area contributed by atoms with E-state index in [1.165, 1.54) is 11.3 Å². The van der Waals surface area contributed by atoms with Gasteiger partial charge < -0.3 is 14.8 Å². The first-order valence-electron chi connectivity index (χ1n) is 9.13. The lowest BCUT2D eigenvalue weighted by Crippen LogP contribution is -2.35. The number of amides is 1. The average Bonchev–Trinajstić information content (AvgIpc) is 3.14. The maximum absolute atomic E-state index is 12.7. The molecule has 1 atom stereocenters. The van der Waals surface area contributed by atoms with E-state index in [4.69, 9.17) is 9.47 Å². The lowest BCUT2D eigenvalue weighted by atomic mass is 10.1. The Morgan fingerprint density at radius 1 is 1.10 bits per heavy atom. The maximum atomic E-state index is 12.7. The topological polar surface area (TPSA) is 77.5 Å². The highest BCUT2D eigenvalue weighted by molar-refractivity contribution is 7.14. The van der Waals surface area contributed by atoms with Crippen LogP contribution in [0.5, 0.6) is 5.75 Å². The zero-order valence-corrected chi connectivity index (χ0v) is 17.3. The van der Waals surface area contributed by atoms with Gasteiger partial charge in [0, 0.05) is 17.7 Å². The summed E-state index contributed by atoms with van der Waals surface area (Å²) in [6.07, 6.45) is -0.941. The lowest BCUT2D eigenvalue weighted by molar-refractivity contribution is -0.129. The number of esters is 1. The molecule has 6 nitrogen and oxygen atoms in total. The molecule has 3 rings (SSSR count). The van der Waals surface area contributed by atoms with E-state index in [9.17, 15) is 9.59 Å². The van der Waals surface area contributed by atoms with Gasteiger partial charge in [0.1, 0.15) is 10.6 Å². The van der Waals surface area contributed by atoms with Crippen molar-refractivity contribution in [3.05, 3.63) is 70.0 Å². The molecule has 150 valence electrons. The van der Waals surface area contributed by atoms with Crippen molar-refractivity contribution < 1.29 is 19.1 Å². The number of thiazole rings is 1. The van der Waals surface area contributed by atoms with Gasteiger partial charge in [0.15, 0.2) is 6.10 Å². The van der Waals surface area contributed by atoms with Crippen LogP contribution in [0.3, 0.4) is 0 Å². The summed E-state index contributed by atoms with van der Waals surface area (Å²) < 4.78 is 10.7. The fraction of sp³-hybridized carbons (Fsp3) is 0.227. The number of aryl methyl sites for hydroxylation is 1. The first-order chi connectivity index (χ1) is 14.0. The number of aromatic nitrogens is 1. The second kappa shape index (κ2) is 9.34. The van der Waals surface area contributed by atoms with E-state index in [0.717, 1.165) is 16.1 Å². The minimum Gasteiger partial charge on any atom is -0.496 e. The molecule has 0 aliphatic rings. The van der Waals surface area contributed by atoms with Crippen molar-refractivity contribution in [3.8, 4) is 17.0 Å². The van der Waals surface area contributed by atoms with Crippen molar-refractivity contribution in [2.24, 2.45) is 0 Å². The number of rotatable bonds is 7. The third-order valence-electron chi connectivity index (χ3n) is 4.27. The summed E-state index contributed by atoms with van der Waals surface area (Å²) in [5.41, 5.74) is 2.24. The molecule has 0 bridgehead atoms. The van der Waals surface area contributed by atoms with Gasteiger partial charge >= 0.3 is 5.97 Å². The minimum atomic E-state index is -0.941. The van der Waals surface area contributed by atoms with Gasteiger partial charge in [0.2, 0.25) is 0 Å². The fourth-order valence-electron chi connectivity index (χ4n) is 2.80. The van der Waals surface area contributed by atoms with Gasteiger partial charge in [0.05, 0.1) is 17.8 Å². The first-order valence-corrected chi connectivity index (χ1v) is 9.94. The van der Waals surface area contributed by atoms with Crippen molar-refractivity contribution in [1.29, 1.82) is 0 Å². The van der Waals surface area contributed by atoms with Crippen LogP contribution in [-0.2, 0) is 16.1 Å². The molecule has 0 unspecified atom stereocenters. The summed E-state index contributed by atoms with van der Waals surface area (Å²) in [7, 11) is 1.58. The fourth-order valence-corrected chi connectivity index (χ4v) is 3.62. The van der Waals surface area contributed by atoms with E-state index in [1.807, 2.05) is 61.5 Å². The Kier molecular flexibility index (Phi) is 6.61. The summed E-state index contributed by atoms with van der Waals surface area (Å²) in [4.78, 5) is 29.9. The van der Waals surface area contributed by atoms with Crippen LogP contribution in [0.15, 0.2) is 54.6 Å². The van der Waals surface area contributed by atoms with E-state index in [1.54, 1.807) is 14.0 Å². The van der Waals surface area contributed by atoms with Crippen molar-refractivity contribution >= 4 is 23.2 Å². The van der Waals surface area contributed by atoms with Gasteiger partial charge in [-0.25, -0.2) is 9.78 Å². The molecule has 0 saturated carbocycles. The van der Waals surface area contributed by atoms with E-state index in [0.29, 0.717) is 16.3 Å². The maximum Gasteiger partial charge on any atom is 0.351 e. The second-order valence-electron chi connectivity index (χ2n) is 6.35. The molecule has 29 heavy (non-hydrogen) atoms. The summed E-state index contributed by atoms with van der Waals surface area (Å²) in [6, 6.07) is 16.8. The number of hydrogen-bond acceptors (Lipinski definition) is 6. The van der Waals surface area contributed by atoms with Crippen molar-refractivity contribution in [2.45, 2.75) is 26.5 Å². The molecular formula is C22H22N2O4S. The molecule has 0 aliphatic heterocycles. The van der Waals surface area contributed by atoms with Gasteiger partial charge in [-0.2, -0.15) is 0 Å². The molecule has 1 N–H and O–H groups in total. The molecule has 2 aromatic carbocycles. The number of nitrogens with one attached hydrogen (secondary N) is 1. The largest absolute Gasteiger partial charge is 0.496 e. The molecule has 1 amide bonds. The van der Waals surface area contributed by atoms with Crippen LogP contribution in [0.1, 0.15) is 27.2 Å². The Morgan fingerprint density at radius 3 is 2.52 bits per heavy atom. The third-order valence-corrected chi connectivity index (χ3v) is 5.22. The Morgan fingerprint density at radius 2 is 1.79 bits per heavy atom. The van der Waals surface area contributed by atoms with E-state index in [-0.39, 0.29) is 12.5 Å². The average molecular weight is 410 g/mol. The minimum absolute atomic E-state index is 0.277. The van der Waals surface area contributed by atoms with Gasteiger partial charge in [-0.15, -0.1) is 11.3 Å². The number of methoxy groups -OCH3 is 1. The van der Waals surface area contributed by atoms with Crippen LogP contribution in [0.4, 0.5) is 0 Å². The molecule has 1 aromatic heterocycles. The number of hydrogen-bond donors (Lipinski definition) is 1. The van der Waals surface area contributed by atoms with Crippen LogP contribution in [0, 0.1) is 6.92 Å². The SMILES string of the molecule is COc1ccccc1CNC(=O)[C@H](C)OC(=O)c1sc(C)nc1-c1ccccc1. The smallest absolute Gasteiger partial charge is 0.351 e. The first kappa shape index (κ1) is 20.5. The van der Waals surface area contributed by atoms with Crippen LogP contribution < -0.4 is 10.1 Å². The number of carbonyl (C=O) groups is 2. The number of carbonyl (C=O) groups excluding carboxylic acids is 2. The number of nitrogens with zero attached hydrogens (tertiary/aromatic N) is 1. The predicted molar refractivity (Wildman–Crippen MR) is 112 cm³/mol.